The van der Waals surface area contributed by atoms with Crippen LogP contribution in [-0.4, -0.2) is 59.7 Å². The molecule has 35 heavy (non-hydrogen) atoms. The van der Waals surface area contributed by atoms with Crippen LogP contribution in [0.2, 0.25) is 5.02 Å². The summed E-state index contributed by atoms with van der Waals surface area (Å²) in [4.78, 5) is 10.9. The smallest absolute Gasteiger partial charge is 0.264 e. The molecule has 4 aromatic rings. The highest BCUT2D eigenvalue weighted by molar-refractivity contribution is 7.92. The van der Waals surface area contributed by atoms with E-state index in [1.165, 1.54) is 6.07 Å². The highest BCUT2D eigenvalue weighted by Gasteiger charge is 2.22. The first-order chi connectivity index (χ1) is 16.8. The van der Waals surface area contributed by atoms with Crippen molar-refractivity contribution in [1.29, 1.82) is 0 Å². The molecule has 1 aliphatic rings. The van der Waals surface area contributed by atoms with E-state index >= 15 is 0 Å². The summed E-state index contributed by atoms with van der Waals surface area (Å²) in [6.07, 6.45) is 3.49. The van der Waals surface area contributed by atoms with Crippen molar-refractivity contribution in [1.82, 2.24) is 25.1 Å². The molecule has 0 bridgehead atoms. The Morgan fingerprint density at radius 3 is 2.63 bits per heavy atom. The molecule has 0 spiro atoms. The van der Waals surface area contributed by atoms with E-state index in [2.05, 4.69) is 36.8 Å². The maximum atomic E-state index is 14.1. The van der Waals surface area contributed by atoms with Crippen LogP contribution >= 0.6 is 11.6 Å². The first-order valence-electron chi connectivity index (χ1n) is 10.9. The van der Waals surface area contributed by atoms with Crippen molar-refractivity contribution in [3.63, 3.8) is 0 Å². The zero-order chi connectivity index (χ0) is 24.6. The molecule has 0 radical (unpaired) electrons. The number of aromatic nitrogens is 4. The van der Waals surface area contributed by atoms with Gasteiger partial charge in [0, 0.05) is 29.4 Å². The topological polar surface area (TPSA) is 113 Å². The fourth-order valence-corrected chi connectivity index (χ4v) is 5.27. The number of piperidine rings is 1. The highest BCUT2D eigenvalue weighted by atomic mass is 35.5. The minimum atomic E-state index is -4.17. The summed E-state index contributed by atoms with van der Waals surface area (Å²) in [6, 6.07) is 9.79. The van der Waals surface area contributed by atoms with Gasteiger partial charge in [-0.05, 0) is 62.4 Å². The SMILES string of the molecule is CN1CCC(Oc2nc(-c3ccc(NS(=O)(=O)c4cc(Cl)ccc4F)cc3)nc3[nH]ncc23)CC1. The lowest BCUT2D eigenvalue weighted by molar-refractivity contribution is 0.111. The number of halogens is 2. The second-order valence-electron chi connectivity index (χ2n) is 8.36. The van der Waals surface area contributed by atoms with Crippen molar-refractivity contribution in [2.75, 3.05) is 24.9 Å². The average Bonchev–Trinajstić information content (AvgIpc) is 3.31. The van der Waals surface area contributed by atoms with Crippen LogP contribution in [-0.2, 0) is 10.0 Å². The quantitative estimate of drug-likeness (QED) is 0.397. The number of ether oxygens (including phenoxy) is 1. The van der Waals surface area contributed by atoms with Gasteiger partial charge in [-0.3, -0.25) is 9.82 Å². The summed E-state index contributed by atoms with van der Waals surface area (Å²) in [5.74, 6) is -0.0357. The number of H-pyrrole nitrogens is 1. The standard InChI is InChI=1S/C23H22ClFN6O3S/c1-31-10-8-17(9-11-31)34-23-18-13-26-29-22(18)27-21(28-23)14-2-5-16(6-3-14)30-35(32,33)20-12-15(24)4-7-19(20)25/h2-7,12-13,17,30H,8-11H2,1H3,(H,26,27,28,29). The van der Waals surface area contributed by atoms with Crippen LogP contribution in [0.5, 0.6) is 5.88 Å². The molecule has 12 heteroatoms. The summed E-state index contributed by atoms with van der Waals surface area (Å²) < 4.78 is 47.9. The van der Waals surface area contributed by atoms with Crippen LogP contribution in [0.3, 0.4) is 0 Å². The molecule has 0 atom stereocenters. The minimum Gasteiger partial charge on any atom is -0.474 e. The molecular weight excluding hydrogens is 495 g/mol. The van der Waals surface area contributed by atoms with Crippen molar-refractivity contribution in [2.24, 2.45) is 0 Å². The second kappa shape index (κ2) is 9.40. The molecule has 5 rings (SSSR count). The normalized spacial score (nSPS) is 15.4. The van der Waals surface area contributed by atoms with Gasteiger partial charge in [-0.25, -0.2) is 17.8 Å². The first-order valence-corrected chi connectivity index (χ1v) is 12.8. The number of aromatic amines is 1. The van der Waals surface area contributed by atoms with E-state index in [9.17, 15) is 12.8 Å². The van der Waals surface area contributed by atoms with Gasteiger partial charge in [0.1, 0.15) is 22.2 Å². The first kappa shape index (κ1) is 23.5. The molecule has 1 fully saturated rings. The molecule has 9 nitrogen and oxygen atoms in total. The third kappa shape index (κ3) is 5.07. The fourth-order valence-electron chi connectivity index (χ4n) is 3.87. The number of nitrogens with zero attached hydrogens (tertiary/aromatic N) is 4. The number of rotatable bonds is 6. The summed E-state index contributed by atoms with van der Waals surface area (Å²) >= 11 is 5.84. The zero-order valence-electron chi connectivity index (χ0n) is 18.7. The summed E-state index contributed by atoms with van der Waals surface area (Å²) in [7, 11) is -2.08. The molecule has 0 unspecified atom stereocenters. The lowest BCUT2D eigenvalue weighted by Gasteiger charge is -2.29. The predicted octanol–water partition coefficient (Wildman–Crippen LogP) is 4.09. The van der Waals surface area contributed by atoms with Crippen molar-refractivity contribution >= 4 is 38.3 Å². The van der Waals surface area contributed by atoms with Gasteiger partial charge in [0.05, 0.1) is 6.20 Å². The van der Waals surface area contributed by atoms with Gasteiger partial charge in [-0.1, -0.05) is 11.6 Å². The Bertz CT molecular complexity index is 1470. The van der Waals surface area contributed by atoms with Crippen molar-refractivity contribution in [3.05, 3.63) is 59.5 Å². The molecule has 2 N–H and O–H groups in total. The van der Waals surface area contributed by atoms with Crippen LogP contribution in [0.15, 0.2) is 53.6 Å². The van der Waals surface area contributed by atoms with E-state index in [4.69, 9.17) is 16.3 Å². The van der Waals surface area contributed by atoms with Crippen LogP contribution in [0.4, 0.5) is 10.1 Å². The number of likely N-dealkylation sites (tertiary alicyclic amines) is 1. The van der Waals surface area contributed by atoms with Crippen LogP contribution in [0, 0.1) is 5.82 Å². The van der Waals surface area contributed by atoms with Gasteiger partial charge < -0.3 is 9.64 Å². The molecule has 0 saturated carbocycles. The summed E-state index contributed by atoms with van der Waals surface area (Å²) in [5.41, 5.74) is 1.43. The van der Waals surface area contributed by atoms with E-state index < -0.39 is 20.7 Å². The highest BCUT2D eigenvalue weighted by Crippen LogP contribution is 2.29. The third-order valence-electron chi connectivity index (χ3n) is 5.80. The molecule has 1 saturated heterocycles. The predicted molar refractivity (Wildman–Crippen MR) is 130 cm³/mol. The summed E-state index contributed by atoms with van der Waals surface area (Å²) in [6.45, 7) is 1.90. The Kier molecular flexibility index (Phi) is 6.30. The minimum absolute atomic E-state index is 0.0516. The Morgan fingerprint density at radius 2 is 1.89 bits per heavy atom. The molecular formula is C23H22ClFN6O3S. The van der Waals surface area contributed by atoms with E-state index in [1.807, 2.05) is 0 Å². The van der Waals surface area contributed by atoms with Crippen LogP contribution in [0.25, 0.3) is 22.4 Å². The van der Waals surface area contributed by atoms with Crippen molar-refractivity contribution in [3.8, 4) is 17.3 Å². The Labute approximate surface area is 206 Å². The van der Waals surface area contributed by atoms with Gasteiger partial charge >= 0.3 is 0 Å². The lowest BCUT2D eigenvalue weighted by Crippen LogP contribution is -2.35. The number of sulfonamides is 1. The van der Waals surface area contributed by atoms with E-state index in [-0.39, 0.29) is 16.8 Å². The maximum absolute atomic E-state index is 14.1. The van der Waals surface area contributed by atoms with E-state index in [1.54, 1.807) is 30.5 Å². The lowest BCUT2D eigenvalue weighted by atomic mass is 10.1. The number of fused-ring (bicyclic) bond motifs is 1. The maximum Gasteiger partial charge on any atom is 0.264 e. The van der Waals surface area contributed by atoms with E-state index in [0.29, 0.717) is 28.3 Å². The molecule has 3 heterocycles. The molecule has 182 valence electrons. The molecule has 0 amide bonds. The number of benzene rings is 2. The largest absolute Gasteiger partial charge is 0.474 e. The van der Waals surface area contributed by atoms with Gasteiger partial charge in [0.2, 0.25) is 5.88 Å². The van der Waals surface area contributed by atoms with Crippen LogP contribution in [0.1, 0.15) is 12.8 Å². The molecule has 2 aromatic carbocycles. The third-order valence-corrected chi connectivity index (χ3v) is 7.43. The zero-order valence-corrected chi connectivity index (χ0v) is 20.3. The average molecular weight is 517 g/mol. The van der Waals surface area contributed by atoms with Gasteiger partial charge in [0.15, 0.2) is 11.5 Å². The Morgan fingerprint density at radius 1 is 1.14 bits per heavy atom. The number of anilines is 1. The van der Waals surface area contributed by atoms with Crippen molar-refractivity contribution in [2.45, 2.75) is 23.8 Å². The Balaban J connectivity index is 1.39. The number of hydrogen-bond donors (Lipinski definition) is 2. The van der Waals surface area contributed by atoms with Gasteiger partial charge in [0.25, 0.3) is 10.0 Å². The van der Waals surface area contributed by atoms with Gasteiger partial charge in [-0.15, -0.1) is 0 Å². The molecule has 2 aromatic heterocycles. The summed E-state index contributed by atoms with van der Waals surface area (Å²) in [5, 5.41) is 7.74. The molecule has 1 aliphatic heterocycles. The fraction of sp³-hybridized carbons (Fsp3) is 0.261. The van der Waals surface area contributed by atoms with Crippen LogP contribution < -0.4 is 9.46 Å². The number of nitrogens with one attached hydrogen (secondary N) is 2. The van der Waals surface area contributed by atoms with Gasteiger partial charge in [-0.2, -0.15) is 10.1 Å². The second-order valence-corrected chi connectivity index (χ2v) is 10.4. The Hall–Kier alpha value is -3.28. The molecule has 0 aliphatic carbocycles. The number of hydrogen-bond acceptors (Lipinski definition) is 7. The van der Waals surface area contributed by atoms with Crippen molar-refractivity contribution < 1.29 is 17.5 Å². The monoisotopic (exact) mass is 516 g/mol. The van der Waals surface area contributed by atoms with E-state index in [0.717, 1.165) is 38.1 Å².